The molecule has 0 aliphatic heterocycles. The number of hydrogen-bond donors (Lipinski definition) is 1. The van der Waals surface area contributed by atoms with Gasteiger partial charge in [0.05, 0.1) is 16.9 Å². The molecule has 0 radical (unpaired) electrons. The molecule has 0 fully saturated rings. The third-order valence-electron chi connectivity index (χ3n) is 3.49. The summed E-state index contributed by atoms with van der Waals surface area (Å²) in [6.07, 6.45) is -3.33. The van der Waals surface area contributed by atoms with E-state index in [-0.39, 0.29) is 11.6 Å². The van der Waals surface area contributed by atoms with Crippen LogP contribution in [0.4, 0.5) is 19.1 Å². The summed E-state index contributed by atoms with van der Waals surface area (Å²) in [4.78, 5) is 7.56. The number of nitrogens with zero attached hydrogens (tertiary/aromatic N) is 3. The largest absolute Gasteiger partial charge is 0.433 e. The van der Waals surface area contributed by atoms with Crippen LogP contribution in [0, 0.1) is 0 Å². The molecule has 0 unspecified atom stereocenters. The van der Waals surface area contributed by atoms with E-state index in [1.807, 2.05) is 0 Å². The fourth-order valence-corrected chi connectivity index (χ4v) is 2.76. The lowest BCUT2D eigenvalue weighted by atomic mass is 10.1. The highest BCUT2D eigenvalue weighted by Crippen LogP contribution is 2.31. The minimum Gasteiger partial charge on any atom is -0.245 e. The van der Waals surface area contributed by atoms with Crippen LogP contribution in [0.1, 0.15) is 11.3 Å². The molecule has 0 atom stereocenters. The van der Waals surface area contributed by atoms with Crippen molar-refractivity contribution in [3.05, 3.63) is 74.9 Å². The van der Waals surface area contributed by atoms with Gasteiger partial charge in [0.25, 0.3) is 0 Å². The SMILES string of the molecule is FC(F)(F)c1cc(-c2ccc(Cl)cc2)nc(N/N=C/c2ccc(Cl)cc2Cl)n1. The standard InChI is InChI=1S/C18H10Cl3F3N4/c19-12-4-1-10(2-5-12)15-8-16(18(22,23)24)27-17(26-15)28-25-9-11-3-6-13(20)7-14(11)21/h1-9H,(H,26,27,28)/b25-9+. The first-order chi connectivity index (χ1) is 13.2. The Morgan fingerprint density at radius 2 is 1.57 bits per heavy atom. The molecule has 144 valence electrons. The minimum absolute atomic E-state index is 0.0706. The molecule has 4 nitrogen and oxygen atoms in total. The number of anilines is 1. The maximum atomic E-state index is 13.2. The van der Waals surface area contributed by atoms with E-state index in [1.165, 1.54) is 12.3 Å². The van der Waals surface area contributed by atoms with Gasteiger partial charge >= 0.3 is 6.18 Å². The molecule has 0 aliphatic carbocycles. The van der Waals surface area contributed by atoms with Gasteiger partial charge in [0.2, 0.25) is 5.95 Å². The minimum atomic E-state index is -4.65. The Bertz CT molecular complexity index is 1020. The number of hydrazone groups is 1. The Balaban J connectivity index is 1.92. The van der Waals surface area contributed by atoms with Crippen LogP contribution in [0.3, 0.4) is 0 Å². The van der Waals surface area contributed by atoms with Gasteiger partial charge in [-0.3, -0.25) is 0 Å². The van der Waals surface area contributed by atoms with Crippen molar-refractivity contribution in [1.82, 2.24) is 9.97 Å². The predicted octanol–water partition coefficient (Wildman–Crippen LogP) is 6.57. The molecule has 1 heterocycles. The summed E-state index contributed by atoms with van der Waals surface area (Å²) < 4.78 is 39.6. The van der Waals surface area contributed by atoms with Crippen molar-refractivity contribution in [1.29, 1.82) is 0 Å². The number of benzene rings is 2. The lowest BCUT2D eigenvalue weighted by molar-refractivity contribution is -0.141. The molecule has 1 aromatic heterocycles. The number of nitrogens with one attached hydrogen (secondary N) is 1. The summed E-state index contributed by atoms with van der Waals surface area (Å²) in [5.41, 5.74) is 2.33. The highest BCUT2D eigenvalue weighted by atomic mass is 35.5. The Kier molecular flexibility index (Phi) is 6.07. The van der Waals surface area contributed by atoms with E-state index in [9.17, 15) is 13.2 Å². The smallest absolute Gasteiger partial charge is 0.245 e. The van der Waals surface area contributed by atoms with Crippen molar-refractivity contribution in [3.8, 4) is 11.3 Å². The molecule has 0 spiro atoms. The zero-order valence-corrected chi connectivity index (χ0v) is 16.1. The number of halogens is 6. The fourth-order valence-electron chi connectivity index (χ4n) is 2.18. The van der Waals surface area contributed by atoms with Crippen LogP contribution in [-0.4, -0.2) is 16.2 Å². The van der Waals surface area contributed by atoms with E-state index >= 15 is 0 Å². The van der Waals surface area contributed by atoms with Crippen LogP contribution >= 0.6 is 34.8 Å². The predicted molar refractivity (Wildman–Crippen MR) is 105 cm³/mol. The summed E-state index contributed by atoms with van der Waals surface area (Å²) >= 11 is 17.7. The van der Waals surface area contributed by atoms with Crippen LogP contribution in [0.15, 0.2) is 53.6 Å². The molecule has 3 aromatic rings. The average molecular weight is 446 g/mol. The summed E-state index contributed by atoms with van der Waals surface area (Å²) in [5, 5.41) is 5.10. The van der Waals surface area contributed by atoms with E-state index in [0.29, 0.717) is 26.2 Å². The van der Waals surface area contributed by atoms with Crippen molar-refractivity contribution >= 4 is 47.0 Å². The Labute approximate surface area is 173 Å². The second kappa shape index (κ2) is 8.34. The molecule has 28 heavy (non-hydrogen) atoms. The summed E-state index contributed by atoms with van der Waals surface area (Å²) in [6.45, 7) is 0. The van der Waals surface area contributed by atoms with Gasteiger partial charge < -0.3 is 0 Å². The fraction of sp³-hybridized carbons (Fsp3) is 0.0556. The van der Waals surface area contributed by atoms with Crippen molar-refractivity contribution in [2.24, 2.45) is 5.10 Å². The Morgan fingerprint density at radius 3 is 2.21 bits per heavy atom. The number of rotatable bonds is 4. The highest BCUT2D eigenvalue weighted by Gasteiger charge is 2.33. The number of alkyl halides is 3. The van der Waals surface area contributed by atoms with Gasteiger partial charge in [-0.1, -0.05) is 53.0 Å². The van der Waals surface area contributed by atoms with Crippen molar-refractivity contribution in [2.75, 3.05) is 5.43 Å². The lowest BCUT2D eigenvalue weighted by Gasteiger charge is -2.10. The van der Waals surface area contributed by atoms with E-state index in [0.717, 1.165) is 6.07 Å². The van der Waals surface area contributed by atoms with Gasteiger partial charge in [-0.05, 0) is 30.3 Å². The monoisotopic (exact) mass is 444 g/mol. The van der Waals surface area contributed by atoms with E-state index in [4.69, 9.17) is 34.8 Å². The Hall–Kier alpha value is -2.35. The number of aromatic nitrogens is 2. The van der Waals surface area contributed by atoms with Gasteiger partial charge in [0.1, 0.15) is 0 Å². The molecule has 3 rings (SSSR count). The summed E-state index contributed by atoms with van der Waals surface area (Å²) in [5.74, 6) is -0.318. The molecule has 2 aromatic carbocycles. The van der Waals surface area contributed by atoms with Gasteiger partial charge in [-0.15, -0.1) is 0 Å². The number of hydrogen-bond acceptors (Lipinski definition) is 4. The zero-order chi connectivity index (χ0) is 20.3. The van der Waals surface area contributed by atoms with E-state index < -0.39 is 11.9 Å². The zero-order valence-electron chi connectivity index (χ0n) is 13.8. The first-order valence-corrected chi connectivity index (χ1v) is 8.82. The van der Waals surface area contributed by atoms with Crippen LogP contribution in [0.2, 0.25) is 15.1 Å². The van der Waals surface area contributed by atoms with Crippen LogP contribution in [-0.2, 0) is 6.18 Å². The van der Waals surface area contributed by atoms with Gasteiger partial charge in [-0.25, -0.2) is 15.4 Å². The topological polar surface area (TPSA) is 50.2 Å². The van der Waals surface area contributed by atoms with Crippen molar-refractivity contribution < 1.29 is 13.2 Å². The van der Waals surface area contributed by atoms with Gasteiger partial charge in [-0.2, -0.15) is 18.3 Å². The molecule has 0 saturated carbocycles. The maximum absolute atomic E-state index is 13.2. The maximum Gasteiger partial charge on any atom is 0.433 e. The lowest BCUT2D eigenvalue weighted by Crippen LogP contribution is -2.11. The molecule has 0 amide bonds. The molecule has 0 aliphatic rings. The van der Waals surface area contributed by atoms with Crippen LogP contribution < -0.4 is 5.43 Å². The molecule has 0 saturated heterocycles. The summed E-state index contributed by atoms with van der Waals surface area (Å²) in [6, 6.07) is 11.8. The van der Waals surface area contributed by atoms with Crippen LogP contribution in [0.5, 0.6) is 0 Å². The normalized spacial score (nSPS) is 11.8. The molecular formula is C18H10Cl3F3N4. The van der Waals surface area contributed by atoms with Crippen molar-refractivity contribution in [2.45, 2.75) is 6.18 Å². The quantitative estimate of drug-likeness (QED) is 0.365. The highest BCUT2D eigenvalue weighted by molar-refractivity contribution is 6.36. The molecular weight excluding hydrogens is 436 g/mol. The first kappa shape index (κ1) is 20.4. The molecule has 0 bridgehead atoms. The van der Waals surface area contributed by atoms with Gasteiger partial charge in [0.15, 0.2) is 5.69 Å². The average Bonchev–Trinajstić information content (AvgIpc) is 2.63. The van der Waals surface area contributed by atoms with Crippen LogP contribution in [0.25, 0.3) is 11.3 Å². The Morgan fingerprint density at radius 1 is 0.893 bits per heavy atom. The van der Waals surface area contributed by atoms with E-state index in [1.54, 1.807) is 36.4 Å². The van der Waals surface area contributed by atoms with Crippen molar-refractivity contribution in [3.63, 3.8) is 0 Å². The van der Waals surface area contributed by atoms with E-state index in [2.05, 4.69) is 20.5 Å². The summed E-state index contributed by atoms with van der Waals surface area (Å²) in [7, 11) is 0. The first-order valence-electron chi connectivity index (χ1n) is 7.69. The third-order valence-corrected chi connectivity index (χ3v) is 4.30. The molecule has 1 N–H and O–H groups in total. The third kappa shape index (κ3) is 5.13. The second-order valence-corrected chi connectivity index (χ2v) is 6.78. The molecule has 10 heteroatoms. The van der Waals surface area contributed by atoms with Gasteiger partial charge in [0, 0.05) is 21.2 Å². The second-order valence-electron chi connectivity index (χ2n) is 5.50.